The molecule has 17 heavy (non-hydrogen) atoms. The van der Waals surface area contributed by atoms with Crippen LogP contribution in [0.1, 0.15) is 72.6 Å². The van der Waals surface area contributed by atoms with Gasteiger partial charge in [-0.1, -0.05) is 39.5 Å². The van der Waals surface area contributed by atoms with Crippen LogP contribution in [0.4, 0.5) is 0 Å². The molecule has 3 unspecified atom stereocenters. The molecule has 1 N–H and O–H groups in total. The Balaban J connectivity index is 2.50. The van der Waals surface area contributed by atoms with Crippen LogP contribution in [0.5, 0.6) is 0 Å². The number of rotatable bonds is 6. The highest BCUT2D eigenvalue weighted by Crippen LogP contribution is 2.35. The van der Waals surface area contributed by atoms with Crippen molar-refractivity contribution in [3.05, 3.63) is 0 Å². The third-order valence-corrected chi connectivity index (χ3v) is 4.01. The van der Waals surface area contributed by atoms with Gasteiger partial charge < -0.3 is 9.84 Å². The largest absolute Gasteiger partial charge is 0.390 e. The molecule has 0 spiro atoms. The lowest BCUT2D eigenvalue weighted by Crippen LogP contribution is -2.44. The highest BCUT2D eigenvalue weighted by molar-refractivity contribution is 4.89. The van der Waals surface area contributed by atoms with Crippen molar-refractivity contribution in [2.45, 2.75) is 90.4 Å². The normalized spacial score (nSPS) is 35.8. The minimum Gasteiger partial charge on any atom is -0.390 e. The molecular weight excluding hydrogens is 212 g/mol. The Morgan fingerprint density at radius 2 is 1.82 bits per heavy atom. The summed E-state index contributed by atoms with van der Waals surface area (Å²) in [5, 5.41) is 10.7. The molecule has 3 atom stereocenters. The first-order valence-corrected chi connectivity index (χ1v) is 7.37. The number of ether oxygens (including phenoxy) is 1. The zero-order chi connectivity index (χ0) is 12.9. The fraction of sp³-hybridized carbons (Fsp3) is 1.00. The third kappa shape index (κ3) is 4.97. The predicted octanol–water partition coefficient (Wildman–Crippen LogP) is 3.91. The van der Waals surface area contributed by atoms with E-state index in [1.165, 1.54) is 25.7 Å². The fourth-order valence-electron chi connectivity index (χ4n) is 3.29. The van der Waals surface area contributed by atoms with Crippen LogP contribution >= 0.6 is 0 Å². The molecule has 0 aliphatic carbocycles. The average molecular weight is 242 g/mol. The van der Waals surface area contributed by atoms with Crippen molar-refractivity contribution in [3.63, 3.8) is 0 Å². The van der Waals surface area contributed by atoms with Crippen LogP contribution in [0.3, 0.4) is 0 Å². The van der Waals surface area contributed by atoms with Crippen LogP contribution < -0.4 is 0 Å². The average Bonchev–Trinajstić information content (AvgIpc) is 2.22. The van der Waals surface area contributed by atoms with E-state index in [1.807, 2.05) is 0 Å². The van der Waals surface area contributed by atoms with Gasteiger partial charge in [-0.05, 0) is 26.2 Å². The second-order valence-electron chi connectivity index (χ2n) is 6.01. The third-order valence-electron chi connectivity index (χ3n) is 4.01. The van der Waals surface area contributed by atoms with E-state index in [2.05, 4.69) is 27.7 Å². The molecule has 0 saturated carbocycles. The number of unbranched alkanes of at least 4 members (excludes halogenated alkanes) is 1. The summed E-state index contributed by atoms with van der Waals surface area (Å²) in [6, 6.07) is 0. The van der Waals surface area contributed by atoms with Crippen LogP contribution in [0.2, 0.25) is 0 Å². The molecule has 0 radical (unpaired) electrons. The Hall–Kier alpha value is -0.0800. The Labute approximate surface area is 107 Å². The molecule has 2 heteroatoms. The van der Waals surface area contributed by atoms with Gasteiger partial charge in [0, 0.05) is 12.8 Å². The van der Waals surface area contributed by atoms with Crippen molar-refractivity contribution >= 4 is 0 Å². The first kappa shape index (κ1) is 15.0. The summed E-state index contributed by atoms with van der Waals surface area (Å²) in [6.45, 7) is 8.64. The molecule has 1 saturated heterocycles. The van der Waals surface area contributed by atoms with Gasteiger partial charge in [-0.3, -0.25) is 0 Å². The molecule has 1 aliphatic heterocycles. The minimum absolute atomic E-state index is 0.201. The maximum atomic E-state index is 10.7. The summed E-state index contributed by atoms with van der Waals surface area (Å²) in [4.78, 5) is 0. The number of hydrogen-bond donors (Lipinski definition) is 1. The quantitative estimate of drug-likeness (QED) is 0.765. The Morgan fingerprint density at radius 3 is 2.29 bits per heavy atom. The molecule has 0 aromatic rings. The topological polar surface area (TPSA) is 29.5 Å². The molecule has 1 heterocycles. The molecule has 0 aromatic carbocycles. The molecule has 102 valence electrons. The Bertz CT molecular complexity index is 205. The van der Waals surface area contributed by atoms with Crippen LogP contribution in [-0.2, 0) is 4.74 Å². The summed E-state index contributed by atoms with van der Waals surface area (Å²) in [7, 11) is 0. The van der Waals surface area contributed by atoms with Gasteiger partial charge >= 0.3 is 0 Å². The zero-order valence-electron chi connectivity index (χ0n) is 12.0. The number of hydrogen-bond acceptors (Lipinski definition) is 2. The maximum absolute atomic E-state index is 10.7. The van der Waals surface area contributed by atoms with Crippen LogP contribution in [0.25, 0.3) is 0 Å². The fourth-order valence-corrected chi connectivity index (χ4v) is 3.29. The summed E-state index contributed by atoms with van der Waals surface area (Å²) in [6.07, 6.45) is 7.97. The van der Waals surface area contributed by atoms with E-state index in [9.17, 15) is 5.11 Å². The van der Waals surface area contributed by atoms with Gasteiger partial charge in [0.15, 0.2) is 0 Å². The van der Waals surface area contributed by atoms with Crippen LogP contribution in [0, 0.1) is 5.92 Å². The van der Waals surface area contributed by atoms with Crippen molar-refractivity contribution < 1.29 is 9.84 Å². The summed E-state index contributed by atoms with van der Waals surface area (Å²) < 4.78 is 5.72. The lowest BCUT2D eigenvalue weighted by molar-refractivity contribution is -0.139. The molecule has 1 aliphatic rings. The van der Waals surface area contributed by atoms with Crippen molar-refractivity contribution in [3.8, 4) is 0 Å². The summed E-state index contributed by atoms with van der Waals surface area (Å²) in [5.74, 6) is 0.678. The Morgan fingerprint density at radius 1 is 1.24 bits per heavy atom. The van der Waals surface area contributed by atoms with Crippen molar-refractivity contribution in [2.24, 2.45) is 5.92 Å². The van der Waals surface area contributed by atoms with E-state index in [0.717, 1.165) is 19.3 Å². The first-order valence-electron chi connectivity index (χ1n) is 7.37. The van der Waals surface area contributed by atoms with Crippen molar-refractivity contribution in [1.29, 1.82) is 0 Å². The second kappa shape index (κ2) is 6.75. The first-order chi connectivity index (χ1) is 7.99. The lowest BCUT2D eigenvalue weighted by atomic mass is 9.78. The van der Waals surface area contributed by atoms with E-state index in [0.29, 0.717) is 5.92 Å². The van der Waals surface area contributed by atoms with Gasteiger partial charge in [-0.25, -0.2) is 0 Å². The zero-order valence-corrected chi connectivity index (χ0v) is 12.0. The molecule has 1 rings (SSSR count). The molecule has 0 aromatic heterocycles. The summed E-state index contributed by atoms with van der Waals surface area (Å²) >= 11 is 0. The SMILES string of the molecule is CCCCC(CC)CC1(O)CC(C)OC(C)C1. The number of aliphatic hydroxyl groups is 1. The van der Waals surface area contributed by atoms with E-state index < -0.39 is 5.60 Å². The molecular formula is C15H30O2. The minimum atomic E-state index is -0.481. The molecule has 0 bridgehead atoms. The predicted molar refractivity (Wildman–Crippen MR) is 72.1 cm³/mol. The van der Waals surface area contributed by atoms with Crippen molar-refractivity contribution in [2.75, 3.05) is 0 Å². The summed E-state index contributed by atoms with van der Waals surface area (Å²) in [5.41, 5.74) is -0.481. The van der Waals surface area contributed by atoms with E-state index in [-0.39, 0.29) is 12.2 Å². The van der Waals surface area contributed by atoms with Crippen LogP contribution in [0.15, 0.2) is 0 Å². The molecule has 0 amide bonds. The highest BCUT2D eigenvalue weighted by Gasteiger charge is 2.37. The monoisotopic (exact) mass is 242 g/mol. The van der Waals surface area contributed by atoms with Gasteiger partial charge in [0.1, 0.15) is 0 Å². The lowest BCUT2D eigenvalue weighted by Gasteiger charge is -2.41. The Kier molecular flexibility index (Phi) is 5.94. The maximum Gasteiger partial charge on any atom is 0.0699 e. The molecule has 2 nitrogen and oxygen atoms in total. The van der Waals surface area contributed by atoms with Crippen LogP contribution in [-0.4, -0.2) is 22.9 Å². The van der Waals surface area contributed by atoms with E-state index >= 15 is 0 Å². The standard InChI is InChI=1S/C15H30O2/c1-5-7-8-14(6-2)11-15(16)9-12(3)17-13(4)10-15/h12-14,16H,5-11H2,1-4H3. The highest BCUT2D eigenvalue weighted by atomic mass is 16.5. The van der Waals surface area contributed by atoms with Crippen molar-refractivity contribution in [1.82, 2.24) is 0 Å². The smallest absolute Gasteiger partial charge is 0.0699 e. The van der Waals surface area contributed by atoms with Gasteiger partial charge in [0.2, 0.25) is 0 Å². The second-order valence-corrected chi connectivity index (χ2v) is 6.01. The van der Waals surface area contributed by atoms with Gasteiger partial charge in [0.05, 0.1) is 17.8 Å². The van der Waals surface area contributed by atoms with Gasteiger partial charge in [-0.2, -0.15) is 0 Å². The molecule has 1 fully saturated rings. The van der Waals surface area contributed by atoms with E-state index in [4.69, 9.17) is 4.74 Å². The van der Waals surface area contributed by atoms with Gasteiger partial charge in [0.25, 0.3) is 0 Å². The van der Waals surface area contributed by atoms with Gasteiger partial charge in [-0.15, -0.1) is 0 Å². The van der Waals surface area contributed by atoms with E-state index in [1.54, 1.807) is 0 Å².